The van der Waals surface area contributed by atoms with Gasteiger partial charge in [0, 0.05) is 19.1 Å². The fourth-order valence-corrected chi connectivity index (χ4v) is 3.16. The molecule has 1 unspecified atom stereocenters. The molecule has 19 heavy (non-hydrogen) atoms. The van der Waals surface area contributed by atoms with Gasteiger partial charge in [-0.15, -0.1) is 0 Å². The van der Waals surface area contributed by atoms with Crippen LogP contribution in [0.2, 0.25) is 0 Å². The highest BCUT2D eigenvalue weighted by Gasteiger charge is 2.18. The Morgan fingerprint density at radius 1 is 1.26 bits per heavy atom. The fraction of sp³-hybridized carbons (Fsp3) is 0.538. The summed E-state index contributed by atoms with van der Waals surface area (Å²) < 4.78 is 26.7. The summed E-state index contributed by atoms with van der Waals surface area (Å²) in [6.07, 6.45) is 0. The number of hydrogen-bond acceptors (Lipinski definition) is 4. The molecule has 0 aromatic heterocycles. The molecule has 0 bridgehead atoms. The highest BCUT2D eigenvalue weighted by atomic mass is 32.2. The number of rotatable bonds is 7. The van der Waals surface area contributed by atoms with E-state index in [9.17, 15) is 8.42 Å². The third-order valence-corrected chi connectivity index (χ3v) is 4.16. The molecule has 5 nitrogen and oxygen atoms in total. The maximum atomic E-state index is 12.1. The van der Waals surface area contributed by atoms with E-state index in [0.29, 0.717) is 17.1 Å². The summed E-state index contributed by atoms with van der Waals surface area (Å²) in [6.45, 7) is 5.00. The lowest BCUT2D eigenvalue weighted by Gasteiger charge is -2.21. The molecule has 108 valence electrons. The minimum atomic E-state index is -3.44. The van der Waals surface area contributed by atoms with Crippen molar-refractivity contribution in [2.75, 3.05) is 32.5 Å². The van der Waals surface area contributed by atoms with Crippen LogP contribution >= 0.6 is 0 Å². The van der Waals surface area contributed by atoms with E-state index in [-0.39, 0.29) is 6.04 Å². The Hall–Kier alpha value is -1.11. The van der Waals surface area contributed by atoms with Crippen molar-refractivity contribution in [1.29, 1.82) is 0 Å². The molecular formula is C13H23N3O2S. The average molecular weight is 285 g/mol. The van der Waals surface area contributed by atoms with Crippen molar-refractivity contribution in [2.45, 2.75) is 24.8 Å². The number of anilines is 1. The zero-order valence-corrected chi connectivity index (χ0v) is 12.8. The molecule has 0 fully saturated rings. The molecule has 0 spiro atoms. The summed E-state index contributed by atoms with van der Waals surface area (Å²) in [6, 6.07) is 7.12. The minimum absolute atomic E-state index is 0.160. The van der Waals surface area contributed by atoms with Crippen LogP contribution in [0.5, 0.6) is 0 Å². The van der Waals surface area contributed by atoms with E-state index >= 15 is 0 Å². The van der Waals surface area contributed by atoms with E-state index in [4.69, 9.17) is 0 Å². The Balaban J connectivity index is 2.97. The number of likely N-dealkylation sites (N-methyl/N-ethyl adjacent to an activating group) is 1. The van der Waals surface area contributed by atoms with Gasteiger partial charge in [0.2, 0.25) is 10.0 Å². The third-order valence-electron chi connectivity index (χ3n) is 2.55. The first-order valence-corrected chi connectivity index (χ1v) is 7.85. The molecule has 0 aliphatic heterocycles. The predicted octanol–water partition coefficient (Wildman–Crippen LogP) is 1.35. The average Bonchev–Trinajstić information content (AvgIpc) is 2.28. The summed E-state index contributed by atoms with van der Waals surface area (Å²) in [5.74, 6) is 0. The van der Waals surface area contributed by atoms with Gasteiger partial charge in [0.25, 0.3) is 0 Å². The standard InChI is InChI=1S/C13H23N3O2S/c1-5-14-19(17,18)13-9-7-6-8-12(13)15-11(2)10-16(3)4/h6-9,11,14-15H,5,10H2,1-4H3. The van der Waals surface area contributed by atoms with Gasteiger partial charge in [0.05, 0.1) is 5.69 Å². The first-order chi connectivity index (χ1) is 8.86. The van der Waals surface area contributed by atoms with E-state index in [1.165, 1.54) is 0 Å². The van der Waals surface area contributed by atoms with E-state index in [0.717, 1.165) is 6.54 Å². The van der Waals surface area contributed by atoms with Crippen LogP contribution in [0.1, 0.15) is 13.8 Å². The predicted molar refractivity (Wildman–Crippen MR) is 78.9 cm³/mol. The number of nitrogens with one attached hydrogen (secondary N) is 2. The van der Waals surface area contributed by atoms with Crippen LogP contribution in [0.3, 0.4) is 0 Å². The second kappa shape index (κ2) is 6.88. The highest BCUT2D eigenvalue weighted by Crippen LogP contribution is 2.21. The Bertz CT molecular complexity index is 500. The normalized spacial score (nSPS) is 13.5. The summed E-state index contributed by atoms with van der Waals surface area (Å²) in [5, 5.41) is 3.25. The minimum Gasteiger partial charge on any atom is -0.380 e. The van der Waals surface area contributed by atoms with Gasteiger partial charge < -0.3 is 10.2 Å². The number of para-hydroxylation sites is 1. The van der Waals surface area contributed by atoms with Crippen molar-refractivity contribution in [1.82, 2.24) is 9.62 Å². The number of hydrogen-bond donors (Lipinski definition) is 2. The molecule has 2 N–H and O–H groups in total. The first-order valence-electron chi connectivity index (χ1n) is 6.36. The number of benzene rings is 1. The van der Waals surface area contributed by atoms with Gasteiger partial charge in [0.1, 0.15) is 4.90 Å². The lowest BCUT2D eigenvalue weighted by atomic mass is 10.2. The largest absolute Gasteiger partial charge is 0.380 e. The molecule has 1 aromatic carbocycles. The summed E-state index contributed by atoms with van der Waals surface area (Å²) in [5.41, 5.74) is 0.637. The van der Waals surface area contributed by atoms with Crippen molar-refractivity contribution >= 4 is 15.7 Å². The van der Waals surface area contributed by atoms with Gasteiger partial charge in [-0.1, -0.05) is 19.1 Å². The van der Waals surface area contributed by atoms with E-state index in [2.05, 4.69) is 14.9 Å². The fourth-order valence-electron chi connectivity index (χ4n) is 1.95. The molecule has 0 aliphatic carbocycles. The SMILES string of the molecule is CCNS(=O)(=O)c1ccccc1NC(C)CN(C)C. The number of sulfonamides is 1. The second-order valence-corrected chi connectivity index (χ2v) is 6.54. The van der Waals surface area contributed by atoms with Crippen LogP contribution in [-0.4, -0.2) is 46.5 Å². The zero-order valence-electron chi connectivity index (χ0n) is 12.0. The van der Waals surface area contributed by atoms with Gasteiger partial charge in [-0.3, -0.25) is 0 Å². The Morgan fingerprint density at radius 3 is 2.47 bits per heavy atom. The van der Waals surface area contributed by atoms with Crippen LogP contribution in [-0.2, 0) is 10.0 Å². The number of nitrogens with zero attached hydrogens (tertiary/aromatic N) is 1. The second-order valence-electron chi connectivity index (χ2n) is 4.81. The maximum absolute atomic E-state index is 12.1. The summed E-state index contributed by atoms with van der Waals surface area (Å²) >= 11 is 0. The quantitative estimate of drug-likeness (QED) is 0.794. The molecule has 0 saturated heterocycles. The van der Waals surface area contributed by atoms with E-state index in [1.807, 2.05) is 27.1 Å². The monoisotopic (exact) mass is 285 g/mol. The molecule has 1 atom stereocenters. The molecule has 0 heterocycles. The van der Waals surface area contributed by atoms with E-state index < -0.39 is 10.0 Å². The molecule has 0 amide bonds. The topological polar surface area (TPSA) is 61.4 Å². The van der Waals surface area contributed by atoms with Crippen LogP contribution in [0, 0.1) is 0 Å². The molecule has 6 heteroatoms. The molecule has 0 aliphatic rings. The Labute approximate surface area is 116 Å². The van der Waals surface area contributed by atoms with Gasteiger partial charge in [0.15, 0.2) is 0 Å². The van der Waals surface area contributed by atoms with Gasteiger partial charge in [-0.25, -0.2) is 13.1 Å². The third kappa shape index (κ3) is 4.81. The van der Waals surface area contributed by atoms with Crippen molar-refractivity contribution in [3.05, 3.63) is 24.3 Å². The highest BCUT2D eigenvalue weighted by molar-refractivity contribution is 7.89. The Kier molecular flexibility index (Phi) is 5.78. The van der Waals surface area contributed by atoms with Crippen LogP contribution < -0.4 is 10.0 Å². The van der Waals surface area contributed by atoms with Crippen molar-refractivity contribution in [3.8, 4) is 0 Å². The zero-order chi connectivity index (χ0) is 14.5. The van der Waals surface area contributed by atoms with Crippen LogP contribution in [0.25, 0.3) is 0 Å². The van der Waals surface area contributed by atoms with Crippen molar-refractivity contribution < 1.29 is 8.42 Å². The van der Waals surface area contributed by atoms with Gasteiger partial charge >= 0.3 is 0 Å². The molecule has 0 saturated carbocycles. The van der Waals surface area contributed by atoms with Crippen molar-refractivity contribution in [2.24, 2.45) is 0 Å². The lowest BCUT2D eigenvalue weighted by molar-refractivity contribution is 0.392. The van der Waals surface area contributed by atoms with Gasteiger partial charge in [-0.2, -0.15) is 0 Å². The molecule has 1 aromatic rings. The first kappa shape index (κ1) is 15.9. The maximum Gasteiger partial charge on any atom is 0.242 e. The molecular weight excluding hydrogens is 262 g/mol. The van der Waals surface area contributed by atoms with Gasteiger partial charge in [-0.05, 0) is 33.2 Å². The lowest BCUT2D eigenvalue weighted by Crippen LogP contribution is -2.31. The molecule has 1 rings (SSSR count). The van der Waals surface area contributed by atoms with Crippen LogP contribution in [0.4, 0.5) is 5.69 Å². The molecule has 0 radical (unpaired) electrons. The van der Waals surface area contributed by atoms with Crippen molar-refractivity contribution in [3.63, 3.8) is 0 Å². The van der Waals surface area contributed by atoms with E-state index in [1.54, 1.807) is 25.1 Å². The summed E-state index contributed by atoms with van der Waals surface area (Å²) in [7, 11) is 0.530. The summed E-state index contributed by atoms with van der Waals surface area (Å²) in [4.78, 5) is 2.35. The smallest absolute Gasteiger partial charge is 0.242 e. The Morgan fingerprint density at radius 2 is 1.89 bits per heavy atom. The van der Waals surface area contributed by atoms with Crippen LogP contribution in [0.15, 0.2) is 29.2 Å².